The number of aliphatic hydroxyl groups excluding tert-OH is 1. The normalized spacial score (nSPS) is 10.6. The van der Waals surface area contributed by atoms with Crippen molar-refractivity contribution in [2.24, 2.45) is 0 Å². The van der Waals surface area contributed by atoms with Crippen molar-refractivity contribution in [3.8, 4) is 16.9 Å². The molecule has 0 aliphatic rings. The zero-order chi connectivity index (χ0) is 18.7. The van der Waals surface area contributed by atoms with Gasteiger partial charge in [-0.3, -0.25) is 15.1 Å². The lowest BCUT2D eigenvalue weighted by Crippen LogP contribution is -2.14. The van der Waals surface area contributed by atoms with Crippen LogP contribution in [0.4, 0.5) is 5.13 Å². The number of ether oxygens (including phenoxy) is 1. The third-order valence-corrected chi connectivity index (χ3v) is 4.48. The second-order valence-corrected chi connectivity index (χ2v) is 6.64. The lowest BCUT2D eigenvalue weighted by atomic mass is 10.0. The zero-order valence-electron chi connectivity index (χ0n) is 13.9. The largest absolute Gasteiger partial charge is 0.494 e. The van der Waals surface area contributed by atoms with Gasteiger partial charge in [-0.15, -0.1) is 10.2 Å². The standard InChI is InChI=1S/C16H14ClN5O3S/c1-8-3-9(10-4-13(17)19-6-12(10)25-2)11(5-18-8)15(24)20-16-22-21-14(7-23)26-16/h3-6,23H,7H2,1-2H3,(H,20,22,24). The molecule has 0 saturated heterocycles. The molecule has 0 bridgehead atoms. The van der Waals surface area contributed by atoms with Gasteiger partial charge in [-0.1, -0.05) is 22.9 Å². The molecule has 3 aromatic heterocycles. The average Bonchev–Trinajstić information content (AvgIpc) is 3.09. The van der Waals surface area contributed by atoms with Crippen LogP contribution in [0, 0.1) is 6.92 Å². The summed E-state index contributed by atoms with van der Waals surface area (Å²) in [4.78, 5) is 20.9. The van der Waals surface area contributed by atoms with E-state index in [1.54, 1.807) is 12.1 Å². The Morgan fingerprint density at radius 2 is 2.08 bits per heavy atom. The maximum Gasteiger partial charge on any atom is 0.259 e. The number of aryl methyl sites for hydroxylation is 1. The summed E-state index contributed by atoms with van der Waals surface area (Å²) in [6, 6.07) is 3.39. The highest BCUT2D eigenvalue weighted by Crippen LogP contribution is 2.34. The van der Waals surface area contributed by atoms with Gasteiger partial charge in [0.05, 0.1) is 25.5 Å². The second-order valence-electron chi connectivity index (χ2n) is 5.19. The molecular weight excluding hydrogens is 378 g/mol. The number of carbonyl (C=O) groups excluding carboxylic acids is 1. The maximum atomic E-state index is 12.7. The van der Waals surface area contributed by atoms with Gasteiger partial charge in [-0.25, -0.2) is 4.98 Å². The van der Waals surface area contributed by atoms with Gasteiger partial charge in [0.15, 0.2) is 0 Å². The third kappa shape index (κ3) is 3.79. The number of pyridine rings is 2. The number of carbonyl (C=O) groups is 1. The Morgan fingerprint density at radius 1 is 1.27 bits per heavy atom. The number of nitrogens with zero attached hydrogens (tertiary/aromatic N) is 4. The number of aliphatic hydroxyl groups is 1. The van der Waals surface area contributed by atoms with Crippen molar-refractivity contribution in [2.45, 2.75) is 13.5 Å². The highest BCUT2D eigenvalue weighted by molar-refractivity contribution is 7.15. The first-order valence-corrected chi connectivity index (χ1v) is 8.62. The van der Waals surface area contributed by atoms with Crippen LogP contribution in [0.2, 0.25) is 5.15 Å². The van der Waals surface area contributed by atoms with E-state index in [-0.39, 0.29) is 16.9 Å². The molecule has 10 heteroatoms. The molecule has 0 aliphatic heterocycles. The van der Waals surface area contributed by atoms with Crippen molar-refractivity contribution >= 4 is 34.0 Å². The van der Waals surface area contributed by atoms with Crippen molar-refractivity contribution in [3.05, 3.63) is 45.9 Å². The van der Waals surface area contributed by atoms with E-state index in [2.05, 4.69) is 25.5 Å². The van der Waals surface area contributed by atoms with E-state index < -0.39 is 5.91 Å². The summed E-state index contributed by atoms with van der Waals surface area (Å²) in [5.74, 6) is 0.0654. The highest BCUT2D eigenvalue weighted by Gasteiger charge is 2.19. The molecule has 0 atom stereocenters. The Hall–Kier alpha value is -2.62. The molecule has 3 aromatic rings. The van der Waals surface area contributed by atoms with Crippen molar-refractivity contribution in [3.63, 3.8) is 0 Å². The van der Waals surface area contributed by atoms with Crippen LogP contribution in [0.5, 0.6) is 5.75 Å². The van der Waals surface area contributed by atoms with Crippen LogP contribution < -0.4 is 10.1 Å². The zero-order valence-corrected chi connectivity index (χ0v) is 15.4. The number of aromatic nitrogens is 4. The number of halogens is 1. The number of rotatable bonds is 5. The fraction of sp³-hybridized carbons (Fsp3) is 0.188. The number of nitrogens with one attached hydrogen (secondary N) is 1. The van der Waals surface area contributed by atoms with Crippen LogP contribution in [0.1, 0.15) is 21.1 Å². The second kappa shape index (κ2) is 7.73. The molecule has 2 N–H and O–H groups in total. The minimum Gasteiger partial charge on any atom is -0.494 e. The lowest BCUT2D eigenvalue weighted by Gasteiger charge is -2.13. The first kappa shape index (κ1) is 18.2. The summed E-state index contributed by atoms with van der Waals surface area (Å²) in [6.07, 6.45) is 2.97. The molecule has 0 spiro atoms. The topological polar surface area (TPSA) is 110 Å². The molecule has 134 valence electrons. The Balaban J connectivity index is 2.03. The summed E-state index contributed by atoms with van der Waals surface area (Å²) in [7, 11) is 1.51. The summed E-state index contributed by atoms with van der Waals surface area (Å²) < 4.78 is 5.34. The minimum atomic E-state index is -0.414. The van der Waals surface area contributed by atoms with E-state index >= 15 is 0 Å². The Morgan fingerprint density at radius 3 is 2.77 bits per heavy atom. The van der Waals surface area contributed by atoms with Crippen LogP contribution in [0.3, 0.4) is 0 Å². The van der Waals surface area contributed by atoms with Gasteiger partial charge >= 0.3 is 0 Å². The monoisotopic (exact) mass is 391 g/mol. The van der Waals surface area contributed by atoms with Crippen molar-refractivity contribution in [2.75, 3.05) is 12.4 Å². The average molecular weight is 392 g/mol. The van der Waals surface area contributed by atoms with Crippen LogP contribution in [0.15, 0.2) is 24.5 Å². The third-order valence-electron chi connectivity index (χ3n) is 3.45. The molecule has 0 fully saturated rings. The van der Waals surface area contributed by atoms with E-state index in [0.29, 0.717) is 27.4 Å². The first-order valence-electron chi connectivity index (χ1n) is 7.43. The summed E-state index contributed by atoms with van der Waals surface area (Å²) in [5.41, 5.74) is 2.27. The Kier molecular flexibility index (Phi) is 5.40. The van der Waals surface area contributed by atoms with E-state index in [0.717, 1.165) is 17.0 Å². The predicted molar refractivity (Wildman–Crippen MR) is 97.6 cm³/mol. The summed E-state index contributed by atoms with van der Waals surface area (Å²) in [6.45, 7) is 1.58. The van der Waals surface area contributed by atoms with Gasteiger partial charge in [-0.2, -0.15) is 0 Å². The van der Waals surface area contributed by atoms with Gasteiger partial charge in [0.1, 0.15) is 15.9 Å². The number of amides is 1. The molecule has 0 unspecified atom stereocenters. The van der Waals surface area contributed by atoms with Crippen LogP contribution in [-0.4, -0.2) is 38.3 Å². The molecule has 0 radical (unpaired) electrons. The van der Waals surface area contributed by atoms with E-state index in [1.165, 1.54) is 19.5 Å². The van der Waals surface area contributed by atoms with Crippen LogP contribution in [-0.2, 0) is 6.61 Å². The first-order chi connectivity index (χ1) is 12.5. The molecule has 3 heterocycles. The molecular formula is C16H14ClN5O3S. The highest BCUT2D eigenvalue weighted by atomic mass is 35.5. The van der Waals surface area contributed by atoms with Gasteiger partial charge in [-0.05, 0) is 19.1 Å². The van der Waals surface area contributed by atoms with E-state index in [1.807, 2.05) is 6.92 Å². The van der Waals surface area contributed by atoms with Crippen molar-refractivity contribution in [1.82, 2.24) is 20.2 Å². The van der Waals surface area contributed by atoms with Gasteiger partial charge in [0.2, 0.25) is 5.13 Å². The molecule has 8 nitrogen and oxygen atoms in total. The molecule has 0 saturated carbocycles. The van der Waals surface area contributed by atoms with Crippen molar-refractivity contribution in [1.29, 1.82) is 0 Å². The maximum absolute atomic E-state index is 12.7. The van der Waals surface area contributed by atoms with Crippen LogP contribution >= 0.6 is 22.9 Å². The molecule has 0 aromatic carbocycles. The fourth-order valence-corrected chi connectivity index (χ4v) is 3.04. The summed E-state index contributed by atoms with van der Waals surface area (Å²) in [5, 5.41) is 20.3. The van der Waals surface area contributed by atoms with E-state index in [9.17, 15) is 4.79 Å². The smallest absolute Gasteiger partial charge is 0.259 e. The Labute approximate surface area is 157 Å². The van der Waals surface area contributed by atoms with Gasteiger partial charge < -0.3 is 9.84 Å². The van der Waals surface area contributed by atoms with Crippen LogP contribution in [0.25, 0.3) is 11.1 Å². The quantitative estimate of drug-likeness (QED) is 0.643. The molecule has 0 aliphatic carbocycles. The number of anilines is 1. The predicted octanol–water partition coefficient (Wildman–Crippen LogP) is 2.71. The minimum absolute atomic E-state index is 0.239. The fourth-order valence-electron chi connectivity index (χ4n) is 2.29. The van der Waals surface area contributed by atoms with Gasteiger partial charge in [0, 0.05) is 23.0 Å². The number of hydrogen-bond donors (Lipinski definition) is 2. The number of hydrogen-bond acceptors (Lipinski definition) is 8. The SMILES string of the molecule is COc1cnc(Cl)cc1-c1cc(C)ncc1C(=O)Nc1nnc(CO)s1. The van der Waals surface area contributed by atoms with Crippen molar-refractivity contribution < 1.29 is 14.6 Å². The molecule has 1 amide bonds. The lowest BCUT2D eigenvalue weighted by molar-refractivity contribution is 0.102. The number of methoxy groups -OCH3 is 1. The molecule has 3 rings (SSSR count). The Bertz CT molecular complexity index is 963. The summed E-state index contributed by atoms with van der Waals surface area (Å²) >= 11 is 7.11. The van der Waals surface area contributed by atoms with E-state index in [4.69, 9.17) is 21.4 Å². The molecule has 26 heavy (non-hydrogen) atoms. The van der Waals surface area contributed by atoms with Gasteiger partial charge in [0.25, 0.3) is 5.91 Å².